The molecule has 0 aromatic heterocycles. The van der Waals surface area contributed by atoms with Crippen LogP contribution in [0.5, 0.6) is 0 Å². The van der Waals surface area contributed by atoms with Crippen molar-refractivity contribution in [2.45, 2.75) is 19.8 Å². The van der Waals surface area contributed by atoms with Crippen molar-refractivity contribution >= 4 is 16.7 Å². The first-order valence-corrected chi connectivity index (χ1v) is 5.30. The Bertz CT molecular complexity index is 549. The van der Waals surface area contributed by atoms with E-state index in [1.54, 1.807) is 6.92 Å². The number of hydrogen-bond donors (Lipinski definition) is 0. The fourth-order valence-electron chi connectivity index (χ4n) is 1.98. The number of hydrogen-bond acceptors (Lipinski definition) is 2. The standard InChI is InChI=1S/C14H14O2.Na/c1-9-7-8-12(10(2)14(15)16)13-6-4-3-5-11(9)13;/h3-8,10H,1-2H3,(H,15,16);/q;+1/p-1/t10-;/m0./s1. The van der Waals surface area contributed by atoms with Crippen LogP contribution >= 0.6 is 0 Å². The second-order valence-electron chi connectivity index (χ2n) is 4.06. The third kappa shape index (κ3) is 2.71. The Hall–Kier alpha value is -0.830. The summed E-state index contributed by atoms with van der Waals surface area (Å²) in [7, 11) is 0. The number of rotatable bonds is 2. The van der Waals surface area contributed by atoms with Crippen LogP contribution in [0, 0.1) is 6.92 Å². The van der Waals surface area contributed by atoms with Gasteiger partial charge in [0.15, 0.2) is 0 Å². The first-order valence-electron chi connectivity index (χ1n) is 5.30. The van der Waals surface area contributed by atoms with Crippen LogP contribution in [-0.2, 0) is 4.79 Å². The van der Waals surface area contributed by atoms with Gasteiger partial charge in [-0.2, -0.15) is 0 Å². The number of carbonyl (C=O) groups is 1. The summed E-state index contributed by atoms with van der Waals surface area (Å²) in [5.74, 6) is -1.61. The predicted octanol–water partition coefficient (Wildman–Crippen LogP) is -0.994. The molecule has 2 rings (SSSR count). The minimum absolute atomic E-state index is 0. The molecule has 2 aromatic carbocycles. The Morgan fingerprint density at radius 1 is 1.12 bits per heavy atom. The molecular weight excluding hydrogens is 223 g/mol. The SMILES string of the molecule is Cc1ccc([C@H](C)C(=O)[O-])c2ccccc12.[Na+]. The molecule has 0 amide bonds. The zero-order valence-electron chi connectivity index (χ0n) is 10.4. The molecule has 0 unspecified atom stereocenters. The maximum atomic E-state index is 10.9. The number of benzene rings is 2. The summed E-state index contributed by atoms with van der Waals surface area (Å²) in [6, 6.07) is 11.7. The summed E-state index contributed by atoms with van der Waals surface area (Å²) < 4.78 is 0. The zero-order chi connectivity index (χ0) is 11.7. The summed E-state index contributed by atoms with van der Waals surface area (Å²) in [6.07, 6.45) is 0. The third-order valence-electron chi connectivity index (χ3n) is 3.00. The number of fused-ring (bicyclic) bond motifs is 1. The van der Waals surface area contributed by atoms with Gasteiger partial charge >= 0.3 is 29.6 Å². The molecule has 0 aliphatic heterocycles. The van der Waals surface area contributed by atoms with Crippen LogP contribution in [-0.4, -0.2) is 5.97 Å². The molecule has 0 heterocycles. The number of carbonyl (C=O) groups excluding carboxylic acids is 1. The smallest absolute Gasteiger partial charge is 0.550 e. The summed E-state index contributed by atoms with van der Waals surface area (Å²) in [5, 5.41) is 13.0. The Morgan fingerprint density at radius 3 is 2.29 bits per heavy atom. The summed E-state index contributed by atoms with van der Waals surface area (Å²) in [6.45, 7) is 3.68. The topological polar surface area (TPSA) is 40.1 Å². The van der Waals surface area contributed by atoms with E-state index in [1.165, 1.54) is 0 Å². The third-order valence-corrected chi connectivity index (χ3v) is 3.00. The van der Waals surface area contributed by atoms with Gasteiger partial charge in [-0.05, 0) is 28.8 Å². The van der Waals surface area contributed by atoms with Crippen LogP contribution < -0.4 is 34.7 Å². The van der Waals surface area contributed by atoms with Gasteiger partial charge in [0.25, 0.3) is 0 Å². The van der Waals surface area contributed by atoms with Crippen molar-refractivity contribution < 1.29 is 39.5 Å². The predicted molar refractivity (Wildman–Crippen MR) is 62.1 cm³/mol. The fraction of sp³-hybridized carbons (Fsp3) is 0.214. The van der Waals surface area contributed by atoms with Gasteiger partial charge in [-0.1, -0.05) is 43.3 Å². The van der Waals surface area contributed by atoms with Gasteiger partial charge < -0.3 is 9.90 Å². The second-order valence-corrected chi connectivity index (χ2v) is 4.06. The van der Waals surface area contributed by atoms with Gasteiger partial charge in [0.05, 0.1) is 0 Å². The van der Waals surface area contributed by atoms with Crippen LogP contribution in [0.4, 0.5) is 0 Å². The maximum Gasteiger partial charge on any atom is 1.00 e. The Balaban J connectivity index is 0.00000144. The minimum atomic E-state index is -1.03. The zero-order valence-corrected chi connectivity index (χ0v) is 12.4. The fourth-order valence-corrected chi connectivity index (χ4v) is 1.98. The van der Waals surface area contributed by atoms with Crippen molar-refractivity contribution in [1.82, 2.24) is 0 Å². The number of carboxylic acid groups (broad SMARTS) is 1. The molecule has 0 spiro atoms. The number of aryl methyl sites for hydroxylation is 1. The molecule has 0 fully saturated rings. The van der Waals surface area contributed by atoms with Crippen molar-refractivity contribution in [3.63, 3.8) is 0 Å². The van der Waals surface area contributed by atoms with Gasteiger partial charge in [0.1, 0.15) is 0 Å². The molecule has 2 aromatic rings. The van der Waals surface area contributed by atoms with Crippen molar-refractivity contribution in [2.75, 3.05) is 0 Å². The Morgan fingerprint density at radius 2 is 1.71 bits per heavy atom. The quantitative estimate of drug-likeness (QED) is 0.628. The van der Waals surface area contributed by atoms with E-state index in [0.29, 0.717) is 0 Å². The van der Waals surface area contributed by atoms with Gasteiger partial charge in [-0.25, -0.2) is 0 Å². The van der Waals surface area contributed by atoms with E-state index in [2.05, 4.69) is 0 Å². The van der Waals surface area contributed by atoms with Gasteiger partial charge in [0.2, 0.25) is 0 Å². The van der Waals surface area contributed by atoms with Crippen LogP contribution in [0.3, 0.4) is 0 Å². The normalized spacial score (nSPS) is 11.9. The van der Waals surface area contributed by atoms with Crippen molar-refractivity contribution in [2.24, 2.45) is 0 Å². The van der Waals surface area contributed by atoms with Crippen molar-refractivity contribution in [3.8, 4) is 0 Å². The number of aliphatic carboxylic acids is 1. The molecule has 0 aliphatic rings. The van der Waals surface area contributed by atoms with Gasteiger partial charge in [-0.15, -0.1) is 0 Å². The molecule has 0 saturated heterocycles. The molecular formula is C14H13NaO2. The molecule has 0 saturated carbocycles. The molecule has 0 radical (unpaired) electrons. The van der Waals surface area contributed by atoms with Crippen LogP contribution in [0.2, 0.25) is 0 Å². The Kier molecular flexibility index (Phi) is 4.75. The first kappa shape index (κ1) is 14.2. The second kappa shape index (κ2) is 5.67. The summed E-state index contributed by atoms with van der Waals surface area (Å²) >= 11 is 0. The summed E-state index contributed by atoms with van der Waals surface area (Å²) in [4.78, 5) is 10.9. The van der Waals surface area contributed by atoms with Crippen molar-refractivity contribution in [3.05, 3.63) is 47.5 Å². The average molecular weight is 236 g/mol. The van der Waals surface area contributed by atoms with Crippen LogP contribution in [0.15, 0.2) is 36.4 Å². The van der Waals surface area contributed by atoms with E-state index in [-0.39, 0.29) is 29.6 Å². The minimum Gasteiger partial charge on any atom is -0.550 e. The monoisotopic (exact) mass is 236 g/mol. The van der Waals surface area contributed by atoms with E-state index >= 15 is 0 Å². The summed E-state index contributed by atoms with van der Waals surface area (Å²) in [5.41, 5.74) is 1.98. The molecule has 82 valence electrons. The molecule has 17 heavy (non-hydrogen) atoms. The van der Waals surface area contributed by atoms with Gasteiger partial charge in [0, 0.05) is 11.9 Å². The van der Waals surface area contributed by atoms with E-state index in [0.717, 1.165) is 21.9 Å². The van der Waals surface area contributed by atoms with E-state index in [9.17, 15) is 9.90 Å². The van der Waals surface area contributed by atoms with E-state index in [4.69, 9.17) is 0 Å². The molecule has 0 N–H and O–H groups in total. The van der Waals surface area contributed by atoms with Crippen LogP contribution in [0.25, 0.3) is 10.8 Å². The maximum absolute atomic E-state index is 10.9. The average Bonchev–Trinajstić information content (AvgIpc) is 2.29. The number of carboxylic acids is 1. The van der Waals surface area contributed by atoms with E-state index in [1.807, 2.05) is 43.3 Å². The van der Waals surface area contributed by atoms with Gasteiger partial charge in [-0.3, -0.25) is 0 Å². The van der Waals surface area contributed by atoms with Crippen molar-refractivity contribution in [1.29, 1.82) is 0 Å². The molecule has 2 nitrogen and oxygen atoms in total. The Labute approximate surface area is 123 Å². The molecule has 0 bridgehead atoms. The molecule has 0 aliphatic carbocycles. The first-order chi connectivity index (χ1) is 7.61. The molecule has 1 atom stereocenters. The molecule has 3 heteroatoms. The van der Waals surface area contributed by atoms with E-state index < -0.39 is 11.9 Å². The van der Waals surface area contributed by atoms with Crippen LogP contribution in [0.1, 0.15) is 24.0 Å². The largest absolute Gasteiger partial charge is 1.00 e.